The number of carbonyl (C=O) groups is 2. The maximum Gasteiger partial charge on any atom is 0.253 e. The average Bonchev–Trinajstić information content (AvgIpc) is 3.52. The van der Waals surface area contributed by atoms with Crippen LogP contribution in [0.15, 0.2) is 68.8 Å². The first-order chi connectivity index (χ1) is 15.4. The highest BCUT2D eigenvalue weighted by Gasteiger charge is 2.32. The first-order valence-corrected chi connectivity index (χ1v) is 12.5. The van der Waals surface area contributed by atoms with E-state index >= 15 is 0 Å². The fraction of sp³-hybridized carbons (Fsp3) is 0.273. The highest BCUT2D eigenvalue weighted by atomic mass is 32.2. The van der Waals surface area contributed by atoms with Crippen LogP contribution in [-0.2, 0) is 21.4 Å². The molecular formula is C22H23N3O5S2. The molecular weight excluding hydrogens is 450 g/mol. The average molecular weight is 474 g/mol. The molecule has 32 heavy (non-hydrogen) atoms. The Balaban J connectivity index is 1.36. The highest BCUT2D eigenvalue weighted by molar-refractivity contribution is 7.91. The van der Waals surface area contributed by atoms with Gasteiger partial charge < -0.3 is 15.1 Å². The number of anilines is 1. The first-order valence-electron chi connectivity index (χ1n) is 10.2. The standard InChI is InChI=1S/C22H23N3O5S2/c26-21(16-9-11-25(12-10-16)32(28,29)20-8-4-14-31-20)24-19-7-2-1-6-18(19)22(27)23-15-17-5-3-13-30-17/h1-8,13-14,16H,9-12,15H2,(H,23,27)(H,24,26). The van der Waals surface area contributed by atoms with E-state index in [1.807, 2.05) is 0 Å². The maximum atomic E-state index is 12.8. The number of carbonyl (C=O) groups excluding carboxylic acids is 2. The van der Waals surface area contributed by atoms with Gasteiger partial charge in [-0.3, -0.25) is 9.59 Å². The van der Waals surface area contributed by atoms with E-state index in [1.54, 1.807) is 53.9 Å². The number of rotatable bonds is 7. The topological polar surface area (TPSA) is 109 Å². The lowest BCUT2D eigenvalue weighted by Crippen LogP contribution is -2.41. The normalized spacial score (nSPS) is 15.4. The molecule has 1 aliphatic heterocycles. The van der Waals surface area contributed by atoms with Crippen molar-refractivity contribution in [1.29, 1.82) is 0 Å². The van der Waals surface area contributed by atoms with Crippen molar-refractivity contribution in [1.82, 2.24) is 9.62 Å². The Morgan fingerprint density at radius 3 is 2.53 bits per heavy atom. The summed E-state index contributed by atoms with van der Waals surface area (Å²) in [6.07, 6.45) is 2.37. The van der Waals surface area contributed by atoms with Crippen molar-refractivity contribution in [2.75, 3.05) is 18.4 Å². The molecule has 1 saturated heterocycles. The molecule has 2 aromatic heterocycles. The summed E-state index contributed by atoms with van der Waals surface area (Å²) >= 11 is 1.19. The van der Waals surface area contributed by atoms with Gasteiger partial charge in [0, 0.05) is 19.0 Å². The summed E-state index contributed by atoms with van der Waals surface area (Å²) in [5.74, 6) is -0.244. The quantitative estimate of drug-likeness (QED) is 0.547. The van der Waals surface area contributed by atoms with Gasteiger partial charge in [0.15, 0.2) is 0 Å². The van der Waals surface area contributed by atoms with Gasteiger partial charge >= 0.3 is 0 Å². The summed E-state index contributed by atoms with van der Waals surface area (Å²) in [5, 5.41) is 7.35. The van der Waals surface area contributed by atoms with E-state index in [4.69, 9.17) is 4.42 Å². The number of amides is 2. The Hall–Kier alpha value is -2.95. The fourth-order valence-corrected chi connectivity index (χ4v) is 6.21. The molecule has 0 atom stereocenters. The number of sulfonamides is 1. The second kappa shape index (κ2) is 9.68. The van der Waals surface area contributed by atoms with Crippen LogP contribution in [0.4, 0.5) is 5.69 Å². The number of para-hydroxylation sites is 1. The monoisotopic (exact) mass is 473 g/mol. The molecule has 1 aromatic carbocycles. The molecule has 8 nitrogen and oxygen atoms in total. The molecule has 3 aromatic rings. The van der Waals surface area contributed by atoms with Crippen LogP contribution in [0.1, 0.15) is 29.0 Å². The van der Waals surface area contributed by atoms with Gasteiger partial charge in [-0.05, 0) is 48.6 Å². The fourth-order valence-electron chi connectivity index (χ4n) is 3.60. The van der Waals surface area contributed by atoms with Crippen LogP contribution in [-0.4, -0.2) is 37.6 Å². The number of hydrogen-bond acceptors (Lipinski definition) is 6. The minimum atomic E-state index is -3.51. The zero-order chi connectivity index (χ0) is 22.6. The predicted molar refractivity (Wildman–Crippen MR) is 121 cm³/mol. The van der Waals surface area contributed by atoms with E-state index in [-0.39, 0.29) is 37.4 Å². The number of nitrogens with zero attached hydrogens (tertiary/aromatic N) is 1. The van der Waals surface area contributed by atoms with Gasteiger partial charge in [-0.2, -0.15) is 4.31 Å². The van der Waals surface area contributed by atoms with Crippen LogP contribution in [0.5, 0.6) is 0 Å². The summed E-state index contributed by atoms with van der Waals surface area (Å²) in [6.45, 7) is 0.804. The Morgan fingerprint density at radius 2 is 1.84 bits per heavy atom. The van der Waals surface area contributed by atoms with E-state index in [2.05, 4.69) is 10.6 Å². The Labute approximate surface area is 190 Å². The molecule has 10 heteroatoms. The molecule has 0 bridgehead atoms. The van der Waals surface area contributed by atoms with Crippen molar-refractivity contribution in [3.05, 3.63) is 71.5 Å². The van der Waals surface area contributed by atoms with Gasteiger partial charge in [0.2, 0.25) is 5.91 Å². The Kier molecular flexibility index (Phi) is 6.73. The number of hydrogen-bond donors (Lipinski definition) is 2. The summed E-state index contributed by atoms with van der Waals surface area (Å²) in [4.78, 5) is 25.5. The van der Waals surface area contributed by atoms with Crippen molar-refractivity contribution in [3.8, 4) is 0 Å². The molecule has 2 N–H and O–H groups in total. The number of nitrogens with one attached hydrogen (secondary N) is 2. The maximum absolute atomic E-state index is 12.8. The molecule has 1 aliphatic rings. The van der Waals surface area contributed by atoms with E-state index in [1.165, 1.54) is 21.9 Å². The first kappa shape index (κ1) is 22.3. The lowest BCUT2D eigenvalue weighted by Gasteiger charge is -2.30. The molecule has 0 aliphatic carbocycles. The van der Waals surface area contributed by atoms with Crippen LogP contribution in [0.25, 0.3) is 0 Å². The molecule has 0 radical (unpaired) electrons. The summed E-state index contributed by atoms with van der Waals surface area (Å²) < 4.78 is 32.3. The minimum Gasteiger partial charge on any atom is -0.467 e. The van der Waals surface area contributed by atoms with E-state index in [0.29, 0.717) is 34.1 Å². The van der Waals surface area contributed by atoms with Crippen molar-refractivity contribution in [2.24, 2.45) is 5.92 Å². The van der Waals surface area contributed by atoms with Crippen LogP contribution in [0, 0.1) is 5.92 Å². The van der Waals surface area contributed by atoms with Crippen LogP contribution < -0.4 is 10.6 Å². The Bertz CT molecular complexity index is 1170. The smallest absolute Gasteiger partial charge is 0.253 e. The number of thiophene rings is 1. The summed E-state index contributed by atoms with van der Waals surface area (Å²) in [5.41, 5.74) is 0.771. The van der Waals surface area contributed by atoms with Gasteiger partial charge in [-0.15, -0.1) is 11.3 Å². The molecule has 0 saturated carbocycles. The van der Waals surface area contributed by atoms with E-state index < -0.39 is 10.0 Å². The largest absolute Gasteiger partial charge is 0.467 e. The summed E-state index contributed by atoms with van der Waals surface area (Å²) in [7, 11) is -3.51. The minimum absolute atomic E-state index is 0.218. The van der Waals surface area contributed by atoms with Crippen molar-refractivity contribution in [3.63, 3.8) is 0 Å². The van der Waals surface area contributed by atoms with Gasteiger partial charge in [0.05, 0.1) is 24.1 Å². The summed E-state index contributed by atoms with van der Waals surface area (Å²) in [6, 6.07) is 13.6. The molecule has 2 amide bonds. The SMILES string of the molecule is O=C(NCc1ccco1)c1ccccc1NC(=O)C1CCN(S(=O)(=O)c2cccs2)CC1. The van der Waals surface area contributed by atoms with E-state index in [0.717, 1.165) is 0 Å². The third-order valence-corrected chi connectivity index (χ3v) is 8.62. The van der Waals surface area contributed by atoms with Crippen molar-refractivity contribution < 1.29 is 22.4 Å². The van der Waals surface area contributed by atoms with Gasteiger partial charge in [-0.25, -0.2) is 8.42 Å². The van der Waals surface area contributed by atoms with Crippen molar-refractivity contribution in [2.45, 2.75) is 23.6 Å². The second-order valence-electron chi connectivity index (χ2n) is 7.41. The lowest BCUT2D eigenvalue weighted by atomic mass is 9.97. The third kappa shape index (κ3) is 4.93. The van der Waals surface area contributed by atoms with Crippen molar-refractivity contribution >= 4 is 38.9 Å². The van der Waals surface area contributed by atoms with Crippen LogP contribution in [0.2, 0.25) is 0 Å². The molecule has 1 fully saturated rings. The lowest BCUT2D eigenvalue weighted by molar-refractivity contribution is -0.120. The molecule has 4 rings (SSSR count). The number of furan rings is 1. The van der Waals surface area contributed by atoms with Gasteiger partial charge in [-0.1, -0.05) is 18.2 Å². The zero-order valence-corrected chi connectivity index (χ0v) is 18.8. The number of benzene rings is 1. The van der Waals surface area contributed by atoms with E-state index in [9.17, 15) is 18.0 Å². The van der Waals surface area contributed by atoms with Gasteiger partial charge in [0.25, 0.3) is 15.9 Å². The predicted octanol–water partition coefficient (Wildman–Crippen LogP) is 3.31. The van der Waals surface area contributed by atoms with Crippen LogP contribution >= 0.6 is 11.3 Å². The molecule has 168 valence electrons. The Morgan fingerprint density at radius 1 is 1.06 bits per heavy atom. The molecule has 0 unspecified atom stereocenters. The second-order valence-corrected chi connectivity index (χ2v) is 10.5. The third-order valence-electron chi connectivity index (χ3n) is 5.35. The zero-order valence-electron chi connectivity index (χ0n) is 17.2. The van der Waals surface area contributed by atoms with Crippen LogP contribution in [0.3, 0.4) is 0 Å². The highest BCUT2D eigenvalue weighted by Crippen LogP contribution is 2.27. The number of piperidine rings is 1. The van der Waals surface area contributed by atoms with Gasteiger partial charge in [0.1, 0.15) is 9.97 Å². The molecule has 0 spiro atoms. The molecule has 3 heterocycles.